The van der Waals surface area contributed by atoms with Gasteiger partial charge in [-0.25, -0.2) is 8.78 Å². The van der Waals surface area contributed by atoms with Gasteiger partial charge in [0.25, 0.3) is 5.91 Å². The largest absolute Gasteiger partial charge is 0.459 e. The maximum Gasteiger partial charge on any atom is 0.290 e. The van der Waals surface area contributed by atoms with E-state index >= 15 is 0 Å². The first kappa shape index (κ1) is 14.2. The summed E-state index contributed by atoms with van der Waals surface area (Å²) in [6, 6.07) is 4.91. The molecule has 1 heterocycles. The molecule has 0 aliphatic carbocycles. The average Bonchev–Trinajstić information content (AvgIpc) is 2.85. The summed E-state index contributed by atoms with van der Waals surface area (Å²) in [6.07, 6.45) is 1.44. The molecule has 2 rings (SSSR count). The summed E-state index contributed by atoms with van der Waals surface area (Å²) in [5, 5.41) is 0. The molecule has 0 aliphatic rings. The predicted molar refractivity (Wildman–Crippen MR) is 70.3 cm³/mol. The fraction of sp³-hybridized carbons (Fsp3) is 0.267. The van der Waals surface area contributed by atoms with Crippen LogP contribution in [0.4, 0.5) is 8.78 Å². The molecule has 5 heteroatoms. The van der Waals surface area contributed by atoms with Gasteiger partial charge in [-0.1, -0.05) is 6.07 Å². The highest BCUT2D eigenvalue weighted by atomic mass is 19.2. The van der Waals surface area contributed by atoms with E-state index in [1.54, 1.807) is 27.0 Å². The minimum absolute atomic E-state index is 0.252. The molecule has 0 fully saturated rings. The van der Waals surface area contributed by atoms with Crippen LogP contribution in [0, 0.1) is 18.6 Å². The number of halogens is 2. The summed E-state index contributed by atoms with van der Waals surface area (Å²) in [5.74, 6) is -1.88. The molecular weight excluding hydrogens is 264 g/mol. The van der Waals surface area contributed by atoms with Crippen LogP contribution in [0.1, 0.15) is 34.6 Å². The molecule has 106 valence electrons. The van der Waals surface area contributed by atoms with Gasteiger partial charge < -0.3 is 9.32 Å². The van der Waals surface area contributed by atoms with Gasteiger partial charge in [0, 0.05) is 12.6 Å². The van der Waals surface area contributed by atoms with Crippen molar-refractivity contribution in [3.05, 3.63) is 59.1 Å². The molecule has 1 aromatic heterocycles. The molecule has 1 amide bonds. The standard InChI is InChI=1S/C15H15F2NO2/c1-9-6-7-20-14(9)15(19)18(3)10(2)11-4-5-12(16)13(17)8-11/h4-8,10H,1-3H3. The molecule has 2 aromatic rings. The van der Waals surface area contributed by atoms with Crippen molar-refractivity contribution in [2.45, 2.75) is 19.9 Å². The van der Waals surface area contributed by atoms with Crippen LogP contribution in [0.15, 0.2) is 34.9 Å². The third kappa shape index (κ3) is 2.57. The minimum Gasteiger partial charge on any atom is -0.459 e. The van der Waals surface area contributed by atoms with E-state index in [1.807, 2.05) is 0 Å². The number of amides is 1. The third-order valence-corrected chi connectivity index (χ3v) is 3.38. The number of carbonyl (C=O) groups excluding carboxylic acids is 1. The maximum absolute atomic E-state index is 13.2. The Morgan fingerprint density at radius 3 is 2.50 bits per heavy atom. The van der Waals surface area contributed by atoms with Crippen molar-refractivity contribution in [2.75, 3.05) is 7.05 Å². The molecule has 0 N–H and O–H groups in total. The number of rotatable bonds is 3. The molecular formula is C15H15F2NO2. The van der Waals surface area contributed by atoms with Gasteiger partial charge in [-0.15, -0.1) is 0 Å². The van der Waals surface area contributed by atoms with Gasteiger partial charge in [-0.05, 0) is 37.6 Å². The quantitative estimate of drug-likeness (QED) is 0.858. The molecule has 0 bridgehead atoms. The molecule has 0 saturated heterocycles. The number of aryl methyl sites for hydroxylation is 1. The maximum atomic E-state index is 13.2. The predicted octanol–water partition coefficient (Wildman–Crippen LogP) is 3.70. The second-order valence-corrected chi connectivity index (χ2v) is 4.70. The SMILES string of the molecule is Cc1ccoc1C(=O)N(C)C(C)c1ccc(F)c(F)c1. The van der Waals surface area contributed by atoms with Crippen molar-refractivity contribution in [3.8, 4) is 0 Å². The Kier molecular flexibility index (Phi) is 3.88. The van der Waals surface area contributed by atoms with E-state index in [0.29, 0.717) is 5.56 Å². The smallest absolute Gasteiger partial charge is 0.290 e. The van der Waals surface area contributed by atoms with Crippen LogP contribution in [0.5, 0.6) is 0 Å². The lowest BCUT2D eigenvalue weighted by Gasteiger charge is -2.24. The molecule has 0 radical (unpaired) electrons. The zero-order chi connectivity index (χ0) is 14.9. The van der Waals surface area contributed by atoms with Gasteiger partial charge in [0.1, 0.15) is 0 Å². The Hall–Kier alpha value is -2.17. The van der Waals surface area contributed by atoms with E-state index in [9.17, 15) is 13.6 Å². The highest BCUT2D eigenvalue weighted by molar-refractivity contribution is 5.92. The van der Waals surface area contributed by atoms with E-state index in [1.165, 1.54) is 17.2 Å². The summed E-state index contributed by atoms with van der Waals surface area (Å²) < 4.78 is 31.3. The summed E-state index contributed by atoms with van der Waals surface area (Å²) in [5.41, 5.74) is 1.25. The van der Waals surface area contributed by atoms with Crippen LogP contribution in [-0.2, 0) is 0 Å². The average molecular weight is 279 g/mol. The van der Waals surface area contributed by atoms with Crippen molar-refractivity contribution >= 4 is 5.91 Å². The zero-order valence-electron chi connectivity index (χ0n) is 11.5. The van der Waals surface area contributed by atoms with Gasteiger partial charge >= 0.3 is 0 Å². The first-order valence-corrected chi connectivity index (χ1v) is 6.18. The molecule has 3 nitrogen and oxygen atoms in total. The first-order valence-electron chi connectivity index (χ1n) is 6.18. The topological polar surface area (TPSA) is 33.5 Å². The van der Waals surface area contributed by atoms with Crippen LogP contribution < -0.4 is 0 Å². The van der Waals surface area contributed by atoms with Crippen molar-refractivity contribution in [1.82, 2.24) is 4.90 Å². The number of hydrogen-bond acceptors (Lipinski definition) is 2. The molecule has 1 atom stereocenters. The Balaban J connectivity index is 2.24. The number of furan rings is 1. The first-order chi connectivity index (χ1) is 9.41. The second-order valence-electron chi connectivity index (χ2n) is 4.70. The van der Waals surface area contributed by atoms with Gasteiger partial charge in [0.05, 0.1) is 12.3 Å². The molecule has 1 aromatic carbocycles. The van der Waals surface area contributed by atoms with Gasteiger partial charge in [-0.3, -0.25) is 4.79 Å². The second kappa shape index (κ2) is 5.45. The van der Waals surface area contributed by atoms with E-state index in [2.05, 4.69) is 0 Å². The van der Waals surface area contributed by atoms with Gasteiger partial charge in [0.2, 0.25) is 0 Å². The number of benzene rings is 1. The van der Waals surface area contributed by atoms with Crippen LogP contribution in [0.2, 0.25) is 0 Å². The molecule has 0 spiro atoms. The van der Waals surface area contributed by atoms with Crippen LogP contribution >= 0.6 is 0 Å². The Labute approximate surface area is 115 Å². The summed E-state index contributed by atoms with van der Waals surface area (Å²) in [6.45, 7) is 3.51. The summed E-state index contributed by atoms with van der Waals surface area (Å²) in [7, 11) is 1.59. The van der Waals surface area contributed by atoms with E-state index < -0.39 is 17.7 Å². The summed E-state index contributed by atoms with van der Waals surface area (Å²) >= 11 is 0. The van der Waals surface area contributed by atoms with E-state index in [0.717, 1.165) is 17.7 Å². The highest BCUT2D eigenvalue weighted by Gasteiger charge is 2.23. The molecule has 20 heavy (non-hydrogen) atoms. The number of carbonyl (C=O) groups is 1. The Bertz CT molecular complexity index is 637. The Morgan fingerprint density at radius 1 is 1.25 bits per heavy atom. The van der Waals surface area contributed by atoms with Crippen molar-refractivity contribution in [3.63, 3.8) is 0 Å². The zero-order valence-corrected chi connectivity index (χ0v) is 11.5. The number of nitrogens with zero attached hydrogens (tertiary/aromatic N) is 1. The lowest BCUT2D eigenvalue weighted by Crippen LogP contribution is -2.29. The fourth-order valence-corrected chi connectivity index (χ4v) is 1.92. The monoisotopic (exact) mass is 279 g/mol. The fourth-order valence-electron chi connectivity index (χ4n) is 1.92. The third-order valence-electron chi connectivity index (χ3n) is 3.38. The van der Waals surface area contributed by atoms with E-state index in [-0.39, 0.29) is 11.7 Å². The van der Waals surface area contributed by atoms with Gasteiger partial charge in [-0.2, -0.15) is 0 Å². The lowest BCUT2D eigenvalue weighted by molar-refractivity contribution is 0.0709. The molecule has 0 aliphatic heterocycles. The summed E-state index contributed by atoms with van der Waals surface area (Å²) in [4.78, 5) is 13.7. The highest BCUT2D eigenvalue weighted by Crippen LogP contribution is 2.23. The lowest BCUT2D eigenvalue weighted by atomic mass is 10.1. The van der Waals surface area contributed by atoms with Gasteiger partial charge in [0.15, 0.2) is 17.4 Å². The van der Waals surface area contributed by atoms with Crippen LogP contribution in [-0.4, -0.2) is 17.9 Å². The normalized spacial score (nSPS) is 12.2. The minimum atomic E-state index is -0.927. The van der Waals surface area contributed by atoms with Crippen molar-refractivity contribution in [1.29, 1.82) is 0 Å². The molecule has 1 unspecified atom stereocenters. The van der Waals surface area contributed by atoms with Crippen LogP contribution in [0.25, 0.3) is 0 Å². The van der Waals surface area contributed by atoms with E-state index in [4.69, 9.17) is 4.42 Å². The Morgan fingerprint density at radius 2 is 1.95 bits per heavy atom. The molecule has 0 saturated carbocycles. The van der Waals surface area contributed by atoms with Crippen LogP contribution in [0.3, 0.4) is 0 Å². The van der Waals surface area contributed by atoms with Crippen molar-refractivity contribution < 1.29 is 18.0 Å². The van der Waals surface area contributed by atoms with Crippen molar-refractivity contribution in [2.24, 2.45) is 0 Å². The number of hydrogen-bond donors (Lipinski definition) is 0.